The Labute approximate surface area is 132 Å². The maximum atomic E-state index is 5.95. The van der Waals surface area contributed by atoms with Gasteiger partial charge in [-0.3, -0.25) is 0 Å². The molecule has 2 aromatic carbocycles. The summed E-state index contributed by atoms with van der Waals surface area (Å²) in [5, 5.41) is 0. The fourth-order valence-electron chi connectivity index (χ4n) is 3.39. The van der Waals surface area contributed by atoms with E-state index in [0.717, 1.165) is 19.4 Å². The van der Waals surface area contributed by atoms with Crippen molar-refractivity contribution in [1.29, 1.82) is 0 Å². The molecule has 0 amide bonds. The Hall–Kier alpha value is -1.64. The third-order valence-electron chi connectivity index (χ3n) is 4.73. The summed E-state index contributed by atoms with van der Waals surface area (Å²) in [6.45, 7) is 0.845. The highest BCUT2D eigenvalue weighted by Crippen LogP contribution is 2.40. The molecule has 0 aromatic heterocycles. The van der Waals surface area contributed by atoms with Crippen LogP contribution in [0.2, 0.25) is 0 Å². The molecule has 0 N–H and O–H groups in total. The molecule has 0 spiro atoms. The molecule has 2 fully saturated rings. The van der Waals surface area contributed by atoms with Crippen LogP contribution in [0, 0.1) is 0 Å². The van der Waals surface area contributed by atoms with Crippen molar-refractivity contribution in [3.05, 3.63) is 60.2 Å². The molecule has 0 unspecified atom stereocenters. The van der Waals surface area contributed by atoms with E-state index in [9.17, 15) is 0 Å². The highest BCUT2D eigenvalue weighted by Gasteiger charge is 2.50. The smallest absolute Gasteiger partial charge is 0.110 e. The number of epoxide rings is 1. The maximum absolute atomic E-state index is 5.95. The van der Waals surface area contributed by atoms with Gasteiger partial charge in [0.25, 0.3) is 0 Å². The number of rotatable bonds is 6. The lowest BCUT2D eigenvalue weighted by Gasteiger charge is -2.12. The van der Waals surface area contributed by atoms with Crippen molar-refractivity contribution < 1.29 is 9.47 Å². The van der Waals surface area contributed by atoms with Gasteiger partial charge >= 0.3 is 0 Å². The Bertz CT molecular complexity index is 605. The van der Waals surface area contributed by atoms with Crippen LogP contribution in [-0.2, 0) is 15.9 Å². The van der Waals surface area contributed by atoms with Crippen molar-refractivity contribution in [1.82, 2.24) is 0 Å². The lowest BCUT2D eigenvalue weighted by atomic mass is 10.0. The monoisotopic (exact) mass is 294 g/mol. The van der Waals surface area contributed by atoms with Gasteiger partial charge in [0, 0.05) is 6.61 Å². The first-order valence-corrected chi connectivity index (χ1v) is 8.31. The fraction of sp³-hybridized carbons (Fsp3) is 0.400. The number of fused-ring (bicyclic) bond motifs is 1. The van der Waals surface area contributed by atoms with Crippen molar-refractivity contribution in [2.45, 2.75) is 44.0 Å². The van der Waals surface area contributed by atoms with Crippen molar-refractivity contribution in [2.24, 2.45) is 0 Å². The standard InChI is InChI=1S/C20H22O2/c1-2-6-16(7-3-1)17-10-8-15(9-11-17)5-4-14-21-18-12-13-19-20(18)22-19/h1-3,6-11,18-20H,4-5,12-14H2/t18-,19-,20+/m1/s1. The summed E-state index contributed by atoms with van der Waals surface area (Å²) in [5.41, 5.74) is 3.94. The van der Waals surface area contributed by atoms with Crippen molar-refractivity contribution in [3.63, 3.8) is 0 Å². The number of hydrogen-bond acceptors (Lipinski definition) is 2. The van der Waals surface area contributed by atoms with E-state index < -0.39 is 0 Å². The van der Waals surface area contributed by atoms with E-state index in [1.54, 1.807) is 0 Å². The summed E-state index contributed by atoms with van der Waals surface area (Å²) < 4.78 is 11.5. The van der Waals surface area contributed by atoms with Gasteiger partial charge < -0.3 is 9.47 Å². The summed E-state index contributed by atoms with van der Waals surface area (Å²) in [6.07, 6.45) is 5.85. The van der Waals surface area contributed by atoms with Crippen LogP contribution in [0.15, 0.2) is 54.6 Å². The molecule has 2 heteroatoms. The average Bonchev–Trinajstić information content (AvgIpc) is 3.26. The van der Waals surface area contributed by atoms with Crippen LogP contribution in [-0.4, -0.2) is 24.9 Å². The van der Waals surface area contributed by atoms with Crippen molar-refractivity contribution >= 4 is 0 Å². The number of aryl methyl sites for hydroxylation is 1. The summed E-state index contributed by atoms with van der Waals surface area (Å²) in [4.78, 5) is 0. The van der Waals surface area contributed by atoms with Crippen LogP contribution < -0.4 is 0 Å². The molecule has 0 radical (unpaired) electrons. The van der Waals surface area contributed by atoms with Crippen LogP contribution in [0.4, 0.5) is 0 Å². The minimum atomic E-state index is 0.366. The van der Waals surface area contributed by atoms with E-state index >= 15 is 0 Å². The summed E-state index contributed by atoms with van der Waals surface area (Å²) in [5.74, 6) is 0. The second-order valence-corrected chi connectivity index (χ2v) is 6.29. The van der Waals surface area contributed by atoms with Crippen molar-refractivity contribution in [3.8, 4) is 11.1 Å². The predicted octanol–water partition coefficient (Wildman–Crippen LogP) is 4.23. The van der Waals surface area contributed by atoms with Crippen LogP contribution >= 0.6 is 0 Å². The van der Waals surface area contributed by atoms with Crippen LogP contribution in [0.25, 0.3) is 11.1 Å². The normalized spacial score (nSPS) is 25.9. The van der Waals surface area contributed by atoms with Gasteiger partial charge in [-0.15, -0.1) is 0 Å². The molecule has 2 nitrogen and oxygen atoms in total. The lowest BCUT2D eigenvalue weighted by Crippen LogP contribution is -2.17. The van der Waals surface area contributed by atoms with Gasteiger partial charge in [-0.05, 0) is 42.4 Å². The van der Waals surface area contributed by atoms with Gasteiger partial charge in [0.15, 0.2) is 0 Å². The highest BCUT2D eigenvalue weighted by atomic mass is 16.6. The van der Waals surface area contributed by atoms with E-state index in [0.29, 0.717) is 18.3 Å². The molecule has 3 atom stereocenters. The molecule has 1 aliphatic carbocycles. The van der Waals surface area contributed by atoms with Gasteiger partial charge in [-0.2, -0.15) is 0 Å². The average molecular weight is 294 g/mol. The van der Waals surface area contributed by atoms with Gasteiger partial charge in [0.05, 0.1) is 12.2 Å². The van der Waals surface area contributed by atoms with E-state index in [2.05, 4.69) is 54.6 Å². The van der Waals surface area contributed by atoms with Crippen LogP contribution in [0.5, 0.6) is 0 Å². The minimum absolute atomic E-state index is 0.366. The zero-order chi connectivity index (χ0) is 14.8. The van der Waals surface area contributed by atoms with E-state index in [1.165, 1.54) is 29.5 Å². The first-order chi connectivity index (χ1) is 10.9. The lowest BCUT2D eigenvalue weighted by molar-refractivity contribution is 0.0260. The molecule has 2 aromatic rings. The number of benzene rings is 2. The van der Waals surface area contributed by atoms with E-state index in [1.807, 2.05) is 0 Å². The van der Waals surface area contributed by atoms with Crippen LogP contribution in [0.1, 0.15) is 24.8 Å². The molecule has 2 aliphatic rings. The molecule has 0 bridgehead atoms. The summed E-state index contributed by atoms with van der Waals surface area (Å²) in [6, 6.07) is 19.4. The molecule has 4 rings (SSSR count). The van der Waals surface area contributed by atoms with E-state index in [-0.39, 0.29) is 0 Å². The topological polar surface area (TPSA) is 21.8 Å². The quantitative estimate of drug-likeness (QED) is 0.587. The molecule has 22 heavy (non-hydrogen) atoms. The van der Waals surface area contributed by atoms with Gasteiger partial charge in [-0.1, -0.05) is 54.6 Å². The molecule has 1 saturated carbocycles. The maximum Gasteiger partial charge on any atom is 0.110 e. The van der Waals surface area contributed by atoms with E-state index in [4.69, 9.17) is 9.47 Å². The first-order valence-electron chi connectivity index (χ1n) is 8.31. The van der Waals surface area contributed by atoms with Gasteiger partial charge in [-0.25, -0.2) is 0 Å². The molecule has 1 saturated heterocycles. The Morgan fingerprint density at radius 3 is 2.36 bits per heavy atom. The molecular formula is C20H22O2. The largest absolute Gasteiger partial charge is 0.375 e. The van der Waals surface area contributed by atoms with Crippen molar-refractivity contribution in [2.75, 3.05) is 6.61 Å². The highest BCUT2D eigenvalue weighted by molar-refractivity contribution is 5.63. The second kappa shape index (κ2) is 6.23. The number of ether oxygens (including phenoxy) is 2. The molecule has 114 valence electrons. The molecule has 1 aliphatic heterocycles. The zero-order valence-corrected chi connectivity index (χ0v) is 12.8. The molecule has 1 heterocycles. The first kappa shape index (κ1) is 14.0. The Kier molecular flexibility index (Phi) is 3.96. The Morgan fingerprint density at radius 2 is 1.68 bits per heavy atom. The predicted molar refractivity (Wildman–Crippen MR) is 87.8 cm³/mol. The SMILES string of the molecule is c1ccc(-c2ccc(CCCO[C@@H]3CC[C@H]4O[C@@H]34)cc2)cc1. The zero-order valence-electron chi connectivity index (χ0n) is 12.8. The van der Waals surface area contributed by atoms with Crippen LogP contribution in [0.3, 0.4) is 0 Å². The third-order valence-corrected chi connectivity index (χ3v) is 4.73. The van der Waals surface area contributed by atoms with Gasteiger partial charge in [0.1, 0.15) is 6.10 Å². The Morgan fingerprint density at radius 1 is 0.909 bits per heavy atom. The Balaban J connectivity index is 1.25. The fourth-order valence-corrected chi connectivity index (χ4v) is 3.39. The number of hydrogen-bond donors (Lipinski definition) is 0. The van der Waals surface area contributed by atoms with Gasteiger partial charge in [0.2, 0.25) is 0 Å². The summed E-state index contributed by atoms with van der Waals surface area (Å²) >= 11 is 0. The molecular weight excluding hydrogens is 272 g/mol. The second-order valence-electron chi connectivity index (χ2n) is 6.29. The summed E-state index contributed by atoms with van der Waals surface area (Å²) in [7, 11) is 0. The minimum Gasteiger partial charge on any atom is -0.375 e. The third kappa shape index (κ3) is 3.08.